The first kappa shape index (κ1) is 14.5. The van der Waals surface area contributed by atoms with Gasteiger partial charge in [-0.2, -0.15) is 0 Å². The molecular weight excluding hydrogens is 321 g/mol. The number of nitrogens with one attached hydrogen (secondary N) is 1. The number of rotatable bonds is 4. The Balaban J connectivity index is 1.70. The van der Waals surface area contributed by atoms with Gasteiger partial charge in [0.15, 0.2) is 0 Å². The van der Waals surface area contributed by atoms with Gasteiger partial charge in [-0.25, -0.2) is 18.1 Å². The van der Waals surface area contributed by atoms with Crippen LogP contribution in [-0.2, 0) is 10.0 Å². The van der Waals surface area contributed by atoms with Crippen LogP contribution in [0.2, 0.25) is 10.2 Å². The normalized spacial score (nSPS) is 24.2. The molecule has 0 radical (unpaired) electrons. The van der Waals surface area contributed by atoms with E-state index in [1.165, 1.54) is 25.1 Å². The van der Waals surface area contributed by atoms with E-state index in [2.05, 4.69) is 14.6 Å². The number of halogens is 2. The van der Waals surface area contributed by atoms with Crippen molar-refractivity contribution in [3.63, 3.8) is 0 Å². The fourth-order valence-corrected chi connectivity index (χ4v) is 4.06. The largest absolute Gasteiger partial charge is 0.299 e. The van der Waals surface area contributed by atoms with Gasteiger partial charge in [0.25, 0.3) is 0 Å². The van der Waals surface area contributed by atoms with Gasteiger partial charge in [-0.1, -0.05) is 23.2 Å². The summed E-state index contributed by atoms with van der Waals surface area (Å²) in [6.45, 7) is 1.73. The monoisotopic (exact) mass is 335 g/mol. The minimum atomic E-state index is -3.59. The van der Waals surface area contributed by atoms with E-state index in [1.54, 1.807) is 0 Å². The fourth-order valence-electron chi connectivity index (χ4n) is 2.49. The molecule has 110 valence electrons. The summed E-state index contributed by atoms with van der Waals surface area (Å²) in [5.74, 6) is 0. The first-order chi connectivity index (χ1) is 9.45. The highest BCUT2D eigenvalue weighted by molar-refractivity contribution is 7.89. The third-order valence-corrected chi connectivity index (χ3v) is 5.86. The molecule has 2 fully saturated rings. The number of likely N-dealkylation sites (tertiary alicyclic amines) is 1. The summed E-state index contributed by atoms with van der Waals surface area (Å²) in [5, 5.41) is 0.243. The molecule has 1 aromatic rings. The molecule has 8 heteroatoms. The minimum absolute atomic E-state index is 0.0462. The van der Waals surface area contributed by atoms with Gasteiger partial charge >= 0.3 is 0 Å². The molecule has 1 atom stereocenters. The van der Waals surface area contributed by atoms with Crippen LogP contribution in [0.3, 0.4) is 0 Å². The highest BCUT2D eigenvalue weighted by atomic mass is 35.5. The average Bonchev–Trinajstić information content (AvgIpc) is 3.14. The zero-order valence-electron chi connectivity index (χ0n) is 10.7. The van der Waals surface area contributed by atoms with Crippen molar-refractivity contribution in [2.24, 2.45) is 0 Å². The molecule has 1 aromatic heterocycles. The molecule has 0 bridgehead atoms. The average molecular weight is 336 g/mol. The van der Waals surface area contributed by atoms with Gasteiger partial charge in [0, 0.05) is 31.4 Å². The quantitative estimate of drug-likeness (QED) is 0.853. The Labute approximate surface area is 128 Å². The Morgan fingerprint density at radius 2 is 2.05 bits per heavy atom. The number of sulfonamides is 1. The Morgan fingerprint density at radius 3 is 2.70 bits per heavy atom. The maximum atomic E-state index is 12.3. The second kappa shape index (κ2) is 5.42. The molecule has 2 aliphatic rings. The molecular formula is C12H15Cl2N3O2S. The van der Waals surface area contributed by atoms with Gasteiger partial charge in [0.1, 0.15) is 10.0 Å². The van der Waals surface area contributed by atoms with E-state index in [4.69, 9.17) is 23.2 Å². The Morgan fingerprint density at radius 1 is 1.30 bits per heavy atom. The van der Waals surface area contributed by atoms with Crippen molar-refractivity contribution in [2.45, 2.75) is 36.2 Å². The van der Waals surface area contributed by atoms with Crippen LogP contribution in [0.5, 0.6) is 0 Å². The van der Waals surface area contributed by atoms with Crippen LogP contribution in [0.25, 0.3) is 0 Å². The summed E-state index contributed by atoms with van der Waals surface area (Å²) in [4.78, 5) is 6.18. The van der Waals surface area contributed by atoms with Crippen molar-refractivity contribution in [1.82, 2.24) is 14.6 Å². The Hall–Kier alpha value is -0.400. The van der Waals surface area contributed by atoms with Crippen LogP contribution in [0.1, 0.15) is 19.3 Å². The smallest absolute Gasteiger partial charge is 0.242 e. The number of nitrogens with zero attached hydrogens (tertiary/aromatic N) is 2. The van der Waals surface area contributed by atoms with Gasteiger partial charge in [0.2, 0.25) is 10.0 Å². The van der Waals surface area contributed by atoms with Crippen molar-refractivity contribution in [1.29, 1.82) is 0 Å². The van der Waals surface area contributed by atoms with Gasteiger partial charge in [-0.05, 0) is 25.3 Å². The van der Waals surface area contributed by atoms with Crippen molar-refractivity contribution in [3.8, 4) is 0 Å². The van der Waals surface area contributed by atoms with E-state index in [0.717, 1.165) is 19.5 Å². The summed E-state index contributed by atoms with van der Waals surface area (Å²) >= 11 is 11.5. The molecule has 2 heterocycles. The summed E-state index contributed by atoms with van der Waals surface area (Å²) < 4.78 is 27.3. The first-order valence-corrected chi connectivity index (χ1v) is 8.77. The number of hydrogen-bond acceptors (Lipinski definition) is 4. The second-order valence-corrected chi connectivity index (χ2v) is 7.76. The van der Waals surface area contributed by atoms with Crippen LogP contribution >= 0.6 is 23.2 Å². The zero-order valence-corrected chi connectivity index (χ0v) is 13.0. The second-order valence-electron chi connectivity index (χ2n) is 5.28. The lowest BCUT2D eigenvalue weighted by atomic mass is 10.3. The first-order valence-electron chi connectivity index (χ1n) is 6.53. The predicted molar refractivity (Wildman–Crippen MR) is 77.6 cm³/mol. The third kappa shape index (κ3) is 3.09. The van der Waals surface area contributed by atoms with Crippen LogP contribution in [-0.4, -0.2) is 43.5 Å². The molecule has 1 aliphatic carbocycles. The van der Waals surface area contributed by atoms with Gasteiger partial charge < -0.3 is 0 Å². The number of aromatic nitrogens is 1. The van der Waals surface area contributed by atoms with Crippen molar-refractivity contribution in [3.05, 3.63) is 22.4 Å². The minimum Gasteiger partial charge on any atom is -0.299 e. The summed E-state index contributed by atoms with van der Waals surface area (Å²) in [6.07, 6.45) is 4.53. The van der Waals surface area contributed by atoms with Crippen LogP contribution in [0.4, 0.5) is 0 Å². The van der Waals surface area contributed by atoms with Crippen LogP contribution < -0.4 is 4.72 Å². The molecule has 1 N–H and O–H groups in total. The predicted octanol–water partition coefficient (Wildman–Crippen LogP) is 1.90. The van der Waals surface area contributed by atoms with Gasteiger partial charge in [-0.15, -0.1) is 0 Å². The molecule has 1 saturated heterocycles. The molecule has 1 saturated carbocycles. The molecule has 0 spiro atoms. The number of pyridine rings is 1. The fraction of sp³-hybridized carbons (Fsp3) is 0.583. The third-order valence-electron chi connectivity index (χ3n) is 3.69. The van der Waals surface area contributed by atoms with Crippen molar-refractivity contribution >= 4 is 33.2 Å². The van der Waals surface area contributed by atoms with Crippen molar-refractivity contribution in [2.75, 3.05) is 13.1 Å². The standard InChI is InChI=1S/C12H15Cl2N3O2S/c13-11-5-10(6-15-12(11)14)20(18,19)16-8-3-4-17(7-8)9-1-2-9/h5-6,8-9,16H,1-4,7H2. The maximum Gasteiger partial charge on any atom is 0.242 e. The highest BCUT2D eigenvalue weighted by Crippen LogP contribution is 2.30. The molecule has 5 nitrogen and oxygen atoms in total. The summed E-state index contributed by atoms with van der Waals surface area (Å²) in [7, 11) is -3.59. The molecule has 1 unspecified atom stereocenters. The van der Waals surface area contributed by atoms with E-state index in [1.807, 2.05) is 0 Å². The topological polar surface area (TPSA) is 62.3 Å². The summed E-state index contributed by atoms with van der Waals surface area (Å²) in [5.41, 5.74) is 0. The van der Waals surface area contributed by atoms with E-state index >= 15 is 0 Å². The van der Waals surface area contributed by atoms with Gasteiger partial charge in [0.05, 0.1) is 5.02 Å². The highest BCUT2D eigenvalue weighted by Gasteiger charge is 2.35. The zero-order chi connectivity index (χ0) is 14.3. The van der Waals surface area contributed by atoms with Crippen molar-refractivity contribution < 1.29 is 8.42 Å². The molecule has 0 amide bonds. The molecule has 1 aliphatic heterocycles. The molecule has 20 heavy (non-hydrogen) atoms. The van der Waals surface area contributed by atoms with E-state index in [-0.39, 0.29) is 21.1 Å². The lowest BCUT2D eigenvalue weighted by Crippen LogP contribution is -2.37. The molecule has 3 rings (SSSR count). The maximum absolute atomic E-state index is 12.3. The SMILES string of the molecule is O=S(=O)(NC1CCN(C2CC2)C1)c1cnc(Cl)c(Cl)c1. The molecule has 0 aromatic carbocycles. The number of hydrogen-bond donors (Lipinski definition) is 1. The Bertz CT molecular complexity index is 619. The van der Waals surface area contributed by atoms with Gasteiger partial charge in [-0.3, -0.25) is 4.90 Å². The lowest BCUT2D eigenvalue weighted by Gasteiger charge is -2.16. The van der Waals surface area contributed by atoms with Crippen LogP contribution in [0.15, 0.2) is 17.2 Å². The van der Waals surface area contributed by atoms with E-state index in [9.17, 15) is 8.42 Å². The summed E-state index contributed by atoms with van der Waals surface area (Å²) in [6, 6.07) is 1.94. The van der Waals surface area contributed by atoms with E-state index < -0.39 is 10.0 Å². The Kier molecular flexibility index (Phi) is 3.94. The lowest BCUT2D eigenvalue weighted by molar-refractivity contribution is 0.322. The van der Waals surface area contributed by atoms with Crippen LogP contribution in [0, 0.1) is 0 Å². The van der Waals surface area contributed by atoms with E-state index in [0.29, 0.717) is 6.04 Å².